The van der Waals surface area contributed by atoms with Gasteiger partial charge in [-0.15, -0.1) is 0 Å². The highest BCUT2D eigenvalue weighted by Crippen LogP contribution is 2.18. The Bertz CT molecular complexity index is 436. The summed E-state index contributed by atoms with van der Waals surface area (Å²) in [6.07, 6.45) is 0. The molecule has 0 unspecified atom stereocenters. The number of para-hydroxylation sites is 1. The quantitative estimate of drug-likeness (QED) is 0.725. The van der Waals surface area contributed by atoms with Gasteiger partial charge in [-0.2, -0.15) is 0 Å². The molecule has 0 aliphatic carbocycles. The first-order valence-electron chi connectivity index (χ1n) is 4.62. The molecular weight excluding hydrogens is 178 g/mol. The highest BCUT2D eigenvalue weighted by atomic mass is 16.5. The maximum Gasteiger partial charge on any atom is 0.133 e. The molecule has 4 nitrogen and oxygen atoms in total. The zero-order chi connectivity index (χ0) is 9.97. The molecule has 0 bridgehead atoms. The standard InChI is InChI=1S/C10H13N3O/c1-2-14-6-9-12-8-5-3-4-7(11)10(8)13-9/h3-5H,2,6,11H2,1H3,(H,12,13). The van der Waals surface area contributed by atoms with Crippen LogP contribution in [0.3, 0.4) is 0 Å². The minimum absolute atomic E-state index is 0.505. The van der Waals surface area contributed by atoms with Gasteiger partial charge in [0.15, 0.2) is 0 Å². The predicted octanol–water partition coefficient (Wildman–Crippen LogP) is 1.68. The third-order valence-electron chi connectivity index (χ3n) is 2.04. The van der Waals surface area contributed by atoms with Gasteiger partial charge < -0.3 is 15.5 Å². The molecule has 2 rings (SSSR count). The molecule has 0 atom stereocenters. The summed E-state index contributed by atoms with van der Waals surface area (Å²) in [5, 5.41) is 0. The maximum atomic E-state index is 5.77. The Hall–Kier alpha value is -1.55. The highest BCUT2D eigenvalue weighted by Gasteiger charge is 2.04. The van der Waals surface area contributed by atoms with E-state index in [1.807, 2.05) is 25.1 Å². The first kappa shape index (κ1) is 9.02. The molecule has 1 aromatic heterocycles. The van der Waals surface area contributed by atoms with Crippen LogP contribution in [-0.2, 0) is 11.3 Å². The molecule has 0 aliphatic heterocycles. The number of nitrogens with two attached hydrogens (primary N) is 1. The smallest absolute Gasteiger partial charge is 0.133 e. The summed E-state index contributed by atoms with van der Waals surface area (Å²) in [6, 6.07) is 5.70. The molecule has 0 saturated heterocycles. The van der Waals surface area contributed by atoms with Crippen molar-refractivity contribution in [3.8, 4) is 0 Å². The van der Waals surface area contributed by atoms with Crippen molar-refractivity contribution < 1.29 is 4.74 Å². The van der Waals surface area contributed by atoms with Crippen molar-refractivity contribution in [3.63, 3.8) is 0 Å². The Morgan fingerprint density at radius 2 is 2.36 bits per heavy atom. The predicted molar refractivity (Wildman–Crippen MR) is 55.8 cm³/mol. The molecule has 0 aliphatic rings. The van der Waals surface area contributed by atoms with Crippen molar-refractivity contribution in [2.24, 2.45) is 0 Å². The molecule has 0 fully saturated rings. The number of fused-ring (bicyclic) bond motifs is 1. The number of nitrogens with one attached hydrogen (secondary N) is 1. The summed E-state index contributed by atoms with van der Waals surface area (Å²) in [5.74, 6) is 0.819. The second-order valence-corrected chi connectivity index (χ2v) is 3.06. The lowest BCUT2D eigenvalue weighted by Crippen LogP contribution is -1.93. The Balaban J connectivity index is 2.36. The van der Waals surface area contributed by atoms with Gasteiger partial charge in [0.25, 0.3) is 0 Å². The van der Waals surface area contributed by atoms with Crippen LogP contribution >= 0.6 is 0 Å². The maximum absolute atomic E-state index is 5.77. The van der Waals surface area contributed by atoms with E-state index in [2.05, 4.69) is 9.97 Å². The lowest BCUT2D eigenvalue weighted by molar-refractivity contribution is 0.129. The van der Waals surface area contributed by atoms with Crippen LogP contribution in [0.1, 0.15) is 12.7 Å². The van der Waals surface area contributed by atoms with E-state index in [0.717, 1.165) is 16.9 Å². The van der Waals surface area contributed by atoms with Crippen LogP contribution < -0.4 is 5.73 Å². The SMILES string of the molecule is CCOCc1nc2c(N)cccc2[nH]1. The van der Waals surface area contributed by atoms with E-state index in [-0.39, 0.29) is 0 Å². The Kier molecular flexibility index (Phi) is 2.37. The van der Waals surface area contributed by atoms with Gasteiger partial charge in [-0.3, -0.25) is 0 Å². The minimum Gasteiger partial charge on any atom is -0.397 e. The summed E-state index contributed by atoms with van der Waals surface area (Å²) in [6.45, 7) is 3.15. The second kappa shape index (κ2) is 3.67. The van der Waals surface area contributed by atoms with Crippen LogP contribution in [0.15, 0.2) is 18.2 Å². The van der Waals surface area contributed by atoms with E-state index in [1.54, 1.807) is 0 Å². The largest absolute Gasteiger partial charge is 0.397 e. The van der Waals surface area contributed by atoms with Crippen molar-refractivity contribution in [1.29, 1.82) is 0 Å². The molecule has 4 heteroatoms. The number of anilines is 1. The van der Waals surface area contributed by atoms with E-state index in [0.29, 0.717) is 18.9 Å². The van der Waals surface area contributed by atoms with Crippen LogP contribution in [0.25, 0.3) is 11.0 Å². The molecule has 0 amide bonds. The van der Waals surface area contributed by atoms with Crippen molar-refractivity contribution in [2.75, 3.05) is 12.3 Å². The van der Waals surface area contributed by atoms with Crippen molar-refractivity contribution in [3.05, 3.63) is 24.0 Å². The Morgan fingerprint density at radius 3 is 3.07 bits per heavy atom. The number of hydrogen-bond acceptors (Lipinski definition) is 3. The van der Waals surface area contributed by atoms with Gasteiger partial charge in [0.05, 0.1) is 11.2 Å². The van der Waals surface area contributed by atoms with Crippen LogP contribution in [0.5, 0.6) is 0 Å². The summed E-state index contributed by atoms with van der Waals surface area (Å²) in [4.78, 5) is 7.50. The molecule has 0 radical (unpaired) electrons. The molecule has 74 valence electrons. The molecule has 0 saturated carbocycles. The fourth-order valence-corrected chi connectivity index (χ4v) is 1.37. The Morgan fingerprint density at radius 1 is 1.50 bits per heavy atom. The lowest BCUT2D eigenvalue weighted by Gasteiger charge is -1.94. The molecule has 1 aromatic carbocycles. The summed E-state index contributed by atoms with van der Waals surface area (Å²) >= 11 is 0. The Labute approximate surface area is 82.1 Å². The minimum atomic E-state index is 0.505. The molecular formula is C10H13N3O. The monoisotopic (exact) mass is 191 g/mol. The number of ether oxygens (including phenoxy) is 1. The molecule has 0 spiro atoms. The zero-order valence-electron chi connectivity index (χ0n) is 8.08. The van der Waals surface area contributed by atoms with E-state index in [9.17, 15) is 0 Å². The molecule has 2 aromatic rings. The number of rotatable bonds is 3. The molecule has 14 heavy (non-hydrogen) atoms. The average molecular weight is 191 g/mol. The van der Waals surface area contributed by atoms with Crippen molar-refractivity contribution in [1.82, 2.24) is 9.97 Å². The normalized spacial score (nSPS) is 10.9. The number of imidazole rings is 1. The fraction of sp³-hybridized carbons (Fsp3) is 0.300. The van der Waals surface area contributed by atoms with Crippen LogP contribution in [-0.4, -0.2) is 16.6 Å². The van der Waals surface area contributed by atoms with Crippen LogP contribution in [0.4, 0.5) is 5.69 Å². The van der Waals surface area contributed by atoms with Crippen LogP contribution in [0.2, 0.25) is 0 Å². The van der Waals surface area contributed by atoms with E-state index >= 15 is 0 Å². The number of nitrogens with zero attached hydrogens (tertiary/aromatic N) is 1. The lowest BCUT2D eigenvalue weighted by atomic mass is 10.3. The summed E-state index contributed by atoms with van der Waals surface area (Å²) in [7, 11) is 0. The first-order chi connectivity index (χ1) is 6.81. The number of nitrogen functional groups attached to an aromatic ring is 1. The second-order valence-electron chi connectivity index (χ2n) is 3.06. The zero-order valence-corrected chi connectivity index (χ0v) is 8.08. The van der Waals surface area contributed by atoms with Crippen molar-refractivity contribution >= 4 is 16.7 Å². The fourth-order valence-electron chi connectivity index (χ4n) is 1.37. The third kappa shape index (κ3) is 1.56. The van der Waals surface area contributed by atoms with Gasteiger partial charge in [0, 0.05) is 6.61 Å². The van der Waals surface area contributed by atoms with Crippen molar-refractivity contribution in [2.45, 2.75) is 13.5 Å². The molecule has 1 heterocycles. The van der Waals surface area contributed by atoms with Crippen LogP contribution in [0, 0.1) is 0 Å². The van der Waals surface area contributed by atoms with E-state index < -0.39 is 0 Å². The number of aromatic nitrogens is 2. The highest BCUT2D eigenvalue weighted by molar-refractivity contribution is 5.86. The number of benzene rings is 1. The number of H-pyrrole nitrogens is 1. The van der Waals surface area contributed by atoms with E-state index in [1.165, 1.54) is 0 Å². The van der Waals surface area contributed by atoms with Gasteiger partial charge in [0.1, 0.15) is 17.9 Å². The van der Waals surface area contributed by atoms with Gasteiger partial charge in [-0.05, 0) is 19.1 Å². The number of hydrogen-bond donors (Lipinski definition) is 2. The topological polar surface area (TPSA) is 63.9 Å². The van der Waals surface area contributed by atoms with Gasteiger partial charge in [-0.25, -0.2) is 4.98 Å². The number of aromatic amines is 1. The van der Waals surface area contributed by atoms with Gasteiger partial charge in [-0.1, -0.05) is 6.07 Å². The van der Waals surface area contributed by atoms with Gasteiger partial charge in [0.2, 0.25) is 0 Å². The summed E-state index contributed by atoms with van der Waals surface area (Å²) < 4.78 is 5.25. The third-order valence-corrected chi connectivity index (χ3v) is 2.04. The van der Waals surface area contributed by atoms with Gasteiger partial charge >= 0.3 is 0 Å². The first-order valence-corrected chi connectivity index (χ1v) is 4.62. The average Bonchev–Trinajstić information content (AvgIpc) is 2.59. The van der Waals surface area contributed by atoms with E-state index in [4.69, 9.17) is 10.5 Å². The summed E-state index contributed by atoms with van der Waals surface area (Å²) in [5.41, 5.74) is 8.25. The molecule has 3 N–H and O–H groups in total.